The monoisotopic (exact) mass is 256 g/mol. The van der Waals surface area contributed by atoms with Crippen LogP contribution in [0.2, 0.25) is 5.02 Å². The van der Waals surface area contributed by atoms with Crippen LogP contribution in [0.3, 0.4) is 0 Å². The number of hydrogen-bond acceptors (Lipinski definition) is 3. The van der Waals surface area contributed by atoms with Gasteiger partial charge in [-0.15, -0.1) is 0 Å². The predicted molar refractivity (Wildman–Crippen MR) is 69.5 cm³/mol. The third kappa shape index (κ3) is 3.91. The number of carbonyl (C=O) groups excluding carboxylic acids is 1. The van der Waals surface area contributed by atoms with Gasteiger partial charge in [-0.05, 0) is 24.6 Å². The number of benzene rings is 1. The lowest BCUT2D eigenvalue weighted by atomic mass is 10.1. The van der Waals surface area contributed by atoms with Crippen molar-refractivity contribution in [2.75, 3.05) is 12.4 Å². The van der Waals surface area contributed by atoms with Crippen LogP contribution in [0, 0.1) is 0 Å². The summed E-state index contributed by atoms with van der Waals surface area (Å²) >= 11 is 5.95. The van der Waals surface area contributed by atoms with Gasteiger partial charge in [-0.2, -0.15) is 0 Å². The highest BCUT2D eigenvalue weighted by Gasteiger charge is 2.12. The minimum Gasteiger partial charge on any atom is -0.495 e. The van der Waals surface area contributed by atoms with Gasteiger partial charge in [0.05, 0.1) is 18.2 Å². The topological polar surface area (TPSA) is 64.4 Å². The van der Waals surface area contributed by atoms with E-state index in [4.69, 9.17) is 22.1 Å². The minimum absolute atomic E-state index is 0.201. The third-order valence-electron chi connectivity index (χ3n) is 2.36. The van der Waals surface area contributed by atoms with Crippen LogP contribution in [0.1, 0.15) is 19.8 Å². The molecule has 0 saturated heterocycles. The molecule has 0 spiro atoms. The fourth-order valence-electron chi connectivity index (χ4n) is 1.42. The van der Waals surface area contributed by atoms with Gasteiger partial charge in [-0.25, -0.2) is 0 Å². The minimum atomic E-state index is -0.485. The van der Waals surface area contributed by atoms with Gasteiger partial charge in [0.15, 0.2) is 0 Å². The van der Waals surface area contributed by atoms with Gasteiger partial charge >= 0.3 is 0 Å². The van der Waals surface area contributed by atoms with Crippen LogP contribution in [-0.4, -0.2) is 19.1 Å². The molecule has 0 saturated carbocycles. The lowest BCUT2D eigenvalue weighted by molar-refractivity contribution is -0.117. The molecule has 1 amide bonds. The first-order valence-electron chi connectivity index (χ1n) is 5.48. The van der Waals surface area contributed by atoms with Gasteiger partial charge in [0, 0.05) is 5.69 Å². The van der Waals surface area contributed by atoms with E-state index in [1.54, 1.807) is 18.2 Å². The molecule has 0 aromatic heterocycles. The molecule has 0 unspecified atom stereocenters. The maximum Gasteiger partial charge on any atom is 0.241 e. The van der Waals surface area contributed by atoms with Gasteiger partial charge in [-0.3, -0.25) is 4.79 Å². The van der Waals surface area contributed by atoms with Gasteiger partial charge in [0.2, 0.25) is 5.91 Å². The van der Waals surface area contributed by atoms with Crippen LogP contribution < -0.4 is 15.8 Å². The molecule has 4 nitrogen and oxygen atoms in total. The number of rotatable bonds is 5. The molecule has 1 aromatic carbocycles. The first-order chi connectivity index (χ1) is 8.08. The molecule has 0 radical (unpaired) electrons. The number of hydrogen-bond donors (Lipinski definition) is 2. The summed E-state index contributed by atoms with van der Waals surface area (Å²) in [6.07, 6.45) is 1.54. The quantitative estimate of drug-likeness (QED) is 0.850. The van der Waals surface area contributed by atoms with E-state index in [0.717, 1.165) is 6.42 Å². The van der Waals surface area contributed by atoms with Gasteiger partial charge in [0.25, 0.3) is 0 Å². The van der Waals surface area contributed by atoms with Crippen molar-refractivity contribution in [3.8, 4) is 5.75 Å². The van der Waals surface area contributed by atoms with E-state index in [1.165, 1.54) is 7.11 Å². The first-order valence-corrected chi connectivity index (χ1v) is 5.86. The molecule has 1 atom stereocenters. The molecular weight excluding hydrogens is 240 g/mol. The second-order valence-electron chi connectivity index (χ2n) is 3.73. The number of nitrogens with one attached hydrogen (secondary N) is 1. The average molecular weight is 257 g/mol. The number of nitrogens with two attached hydrogens (primary N) is 1. The summed E-state index contributed by atoms with van der Waals surface area (Å²) < 4.78 is 5.02. The van der Waals surface area contributed by atoms with E-state index in [1.807, 2.05) is 6.92 Å². The van der Waals surface area contributed by atoms with Crippen molar-refractivity contribution in [3.63, 3.8) is 0 Å². The van der Waals surface area contributed by atoms with Crippen LogP contribution in [0.4, 0.5) is 5.69 Å². The number of amides is 1. The molecular formula is C12H17ClN2O2. The Hall–Kier alpha value is -1.26. The molecule has 0 bridgehead atoms. The van der Waals surface area contributed by atoms with E-state index in [9.17, 15) is 4.79 Å². The second kappa shape index (κ2) is 6.47. The Labute approximate surface area is 106 Å². The summed E-state index contributed by atoms with van der Waals surface area (Å²) in [5.74, 6) is 0.371. The number of ether oxygens (including phenoxy) is 1. The molecule has 94 valence electrons. The van der Waals surface area contributed by atoms with Crippen molar-refractivity contribution in [2.45, 2.75) is 25.8 Å². The molecule has 17 heavy (non-hydrogen) atoms. The predicted octanol–water partition coefficient (Wildman–Crippen LogP) is 2.41. The van der Waals surface area contributed by atoms with Crippen LogP contribution in [0.25, 0.3) is 0 Å². The Bertz CT molecular complexity index is 396. The number of methoxy groups -OCH3 is 1. The molecule has 0 aliphatic carbocycles. The van der Waals surface area contributed by atoms with Crippen LogP contribution >= 0.6 is 11.6 Å². The number of halogens is 1. The maximum atomic E-state index is 11.7. The Morgan fingerprint density at radius 1 is 1.59 bits per heavy atom. The largest absolute Gasteiger partial charge is 0.495 e. The van der Waals surface area contributed by atoms with Crippen molar-refractivity contribution in [1.82, 2.24) is 0 Å². The summed E-state index contributed by atoms with van der Waals surface area (Å²) in [6, 6.07) is 4.57. The lowest BCUT2D eigenvalue weighted by Gasteiger charge is -2.12. The van der Waals surface area contributed by atoms with Crippen LogP contribution in [0.5, 0.6) is 5.75 Å². The van der Waals surface area contributed by atoms with Crippen molar-refractivity contribution >= 4 is 23.2 Å². The summed E-state index contributed by atoms with van der Waals surface area (Å²) in [5.41, 5.74) is 6.32. The zero-order valence-corrected chi connectivity index (χ0v) is 10.8. The Balaban J connectivity index is 2.69. The summed E-state index contributed by atoms with van der Waals surface area (Å²) in [6.45, 7) is 1.98. The van der Waals surface area contributed by atoms with Crippen molar-refractivity contribution in [3.05, 3.63) is 23.2 Å². The van der Waals surface area contributed by atoms with E-state index < -0.39 is 6.04 Å². The normalized spacial score (nSPS) is 12.0. The van der Waals surface area contributed by atoms with Crippen molar-refractivity contribution in [2.24, 2.45) is 5.73 Å². The van der Waals surface area contributed by atoms with Crippen LogP contribution in [-0.2, 0) is 4.79 Å². The fourth-order valence-corrected chi connectivity index (χ4v) is 1.68. The third-order valence-corrected chi connectivity index (χ3v) is 2.65. The SMILES string of the molecule is CCC[C@@H](N)C(=O)Nc1ccc(OC)c(Cl)c1. The van der Waals surface area contributed by atoms with Crippen molar-refractivity contribution in [1.29, 1.82) is 0 Å². The van der Waals surface area contributed by atoms with E-state index in [0.29, 0.717) is 22.9 Å². The van der Waals surface area contributed by atoms with Gasteiger partial charge in [0.1, 0.15) is 5.75 Å². The molecule has 0 heterocycles. The molecule has 1 aromatic rings. The highest BCUT2D eigenvalue weighted by atomic mass is 35.5. The van der Waals surface area contributed by atoms with Crippen molar-refractivity contribution < 1.29 is 9.53 Å². The molecule has 5 heteroatoms. The maximum absolute atomic E-state index is 11.7. The Kier molecular flexibility index (Phi) is 5.25. The Morgan fingerprint density at radius 3 is 2.82 bits per heavy atom. The highest BCUT2D eigenvalue weighted by Crippen LogP contribution is 2.27. The summed E-state index contributed by atoms with van der Waals surface area (Å²) in [4.78, 5) is 11.7. The molecule has 0 fully saturated rings. The zero-order valence-electron chi connectivity index (χ0n) is 10.00. The summed E-state index contributed by atoms with van der Waals surface area (Å²) in [5, 5.41) is 3.17. The first kappa shape index (κ1) is 13.8. The second-order valence-corrected chi connectivity index (χ2v) is 4.14. The van der Waals surface area contributed by atoms with E-state index >= 15 is 0 Å². The Morgan fingerprint density at radius 2 is 2.29 bits per heavy atom. The smallest absolute Gasteiger partial charge is 0.241 e. The lowest BCUT2D eigenvalue weighted by Crippen LogP contribution is -2.35. The standard InChI is InChI=1S/C12H17ClN2O2/c1-3-4-10(14)12(16)15-8-5-6-11(17-2)9(13)7-8/h5-7,10H,3-4,14H2,1-2H3,(H,15,16)/t10-/m1/s1. The zero-order chi connectivity index (χ0) is 12.8. The van der Waals surface area contributed by atoms with E-state index in [-0.39, 0.29) is 5.91 Å². The van der Waals surface area contributed by atoms with Gasteiger partial charge < -0.3 is 15.8 Å². The summed E-state index contributed by atoms with van der Waals surface area (Å²) in [7, 11) is 1.54. The fraction of sp³-hybridized carbons (Fsp3) is 0.417. The van der Waals surface area contributed by atoms with Gasteiger partial charge in [-0.1, -0.05) is 24.9 Å². The highest BCUT2D eigenvalue weighted by molar-refractivity contribution is 6.32. The molecule has 1 rings (SSSR count). The van der Waals surface area contributed by atoms with Crippen LogP contribution in [0.15, 0.2) is 18.2 Å². The van der Waals surface area contributed by atoms with E-state index in [2.05, 4.69) is 5.32 Å². The number of carbonyl (C=O) groups is 1. The molecule has 0 aliphatic rings. The number of anilines is 1. The molecule has 3 N–H and O–H groups in total. The average Bonchev–Trinajstić information content (AvgIpc) is 2.29. The molecule has 0 aliphatic heterocycles.